The van der Waals surface area contributed by atoms with Crippen LogP contribution in [0.3, 0.4) is 0 Å². The van der Waals surface area contributed by atoms with Crippen molar-refractivity contribution in [2.75, 3.05) is 26.7 Å². The number of carbonyl (C=O) groups is 3. The summed E-state index contributed by atoms with van der Waals surface area (Å²) in [7, 11) is 1.67. The predicted octanol–water partition coefficient (Wildman–Crippen LogP) is -0.108. The fraction of sp³-hybridized carbons (Fsp3) is 0.364. The summed E-state index contributed by atoms with van der Waals surface area (Å²) in [5.74, 6) is -2.21. The second-order valence-electron chi connectivity index (χ2n) is 4.01. The quantitative estimate of drug-likeness (QED) is 0.793. The third-order valence-corrected chi connectivity index (χ3v) is 2.77. The number of piperazine rings is 1. The van der Waals surface area contributed by atoms with E-state index in [0.29, 0.717) is 13.1 Å². The average Bonchev–Trinajstić information content (AvgIpc) is 2.81. The molecule has 1 fully saturated rings. The minimum Gasteiger partial charge on any atom is -0.475 e. The standard InChI is InChI=1S/C11H12N2O5/c1-12-4-5-13(6-9(12)14)10(15)7-2-3-8(18-7)11(16)17/h2-3H,4-6H2,1H3,(H,16,17). The lowest BCUT2D eigenvalue weighted by Gasteiger charge is -2.31. The molecule has 0 atom stereocenters. The Morgan fingerprint density at radius 1 is 1.28 bits per heavy atom. The van der Waals surface area contributed by atoms with Gasteiger partial charge in [-0.25, -0.2) is 4.79 Å². The highest BCUT2D eigenvalue weighted by Crippen LogP contribution is 2.12. The number of carboxylic acids is 1. The van der Waals surface area contributed by atoms with Gasteiger partial charge in [-0.2, -0.15) is 0 Å². The summed E-state index contributed by atoms with van der Waals surface area (Å²) in [5.41, 5.74) is 0. The van der Waals surface area contributed by atoms with Crippen molar-refractivity contribution in [3.63, 3.8) is 0 Å². The van der Waals surface area contributed by atoms with Gasteiger partial charge in [0.1, 0.15) is 6.54 Å². The summed E-state index contributed by atoms with van der Waals surface area (Å²) < 4.78 is 4.91. The summed E-state index contributed by atoms with van der Waals surface area (Å²) in [4.78, 5) is 36.9. The van der Waals surface area contributed by atoms with Crippen molar-refractivity contribution in [2.24, 2.45) is 0 Å². The summed E-state index contributed by atoms with van der Waals surface area (Å²) >= 11 is 0. The van der Waals surface area contributed by atoms with Crippen LogP contribution in [0.5, 0.6) is 0 Å². The van der Waals surface area contributed by atoms with Crippen molar-refractivity contribution in [1.82, 2.24) is 9.80 Å². The van der Waals surface area contributed by atoms with Crippen LogP contribution in [0.4, 0.5) is 0 Å². The van der Waals surface area contributed by atoms with E-state index < -0.39 is 11.9 Å². The molecule has 1 aliphatic rings. The summed E-state index contributed by atoms with van der Waals surface area (Å²) in [5, 5.41) is 8.69. The second-order valence-corrected chi connectivity index (χ2v) is 4.01. The lowest BCUT2D eigenvalue weighted by molar-refractivity contribution is -0.133. The SMILES string of the molecule is CN1CCN(C(=O)c2ccc(C(=O)O)o2)CC1=O. The Labute approximate surface area is 103 Å². The Bertz CT molecular complexity index is 507. The van der Waals surface area contributed by atoms with Crippen LogP contribution in [0.1, 0.15) is 21.1 Å². The largest absolute Gasteiger partial charge is 0.475 e. The molecule has 0 bridgehead atoms. The minimum absolute atomic E-state index is 0.0154. The molecule has 7 heteroatoms. The average molecular weight is 252 g/mol. The number of nitrogens with zero attached hydrogens (tertiary/aromatic N) is 2. The van der Waals surface area contributed by atoms with Crippen molar-refractivity contribution in [1.29, 1.82) is 0 Å². The molecule has 0 saturated carbocycles. The Morgan fingerprint density at radius 3 is 2.50 bits per heavy atom. The third-order valence-electron chi connectivity index (χ3n) is 2.77. The zero-order valence-electron chi connectivity index (χ0n) is 9.75. The van der Waals surface area contributed by atoms with Gasteiger partial charge in [-0.05, 0) is 12.1 Å². The van der Waals surface area contributed by atoms with Crippen LogP contribution < -0.4 is 0 Å². The molecule has 1 N–H and O–H groups in total. The molecule has 18 heavy (non-hydrogen) atoms. The van der Waals surface area contributed by atoms with E-state index in [1.165, 1.54) is 21.9 Å². The zero-order valence-corrected chi connectivity index (χ0v) is 9.75. The van der Waals surface area contributed by atoms with E-state index in [4.69, 9.17) is 9.52 Å². The normalized spacial score (nSPS) is 15.9. The van der Waals surface area contributed by atoms with Gasteiger partial charge in [0, 0.05) is 20.1 Å². The number of carbonyl (C=O) groups excluding carboxylic acids is 2. The van der Waals surface area contributed by atoms with Gasteiger partial charge in [0.15, 0.2) is 5.76 Å². The molecule has 96 valence electrons. The van der Waals surface area contributed by atoms with Crippen LogP contribution in [0.25, 0.3) is 0 Å². The molecule has 1 aliphatic heterocycles. The second kappa shape index (κ2) is 4.52. The lowest BCUT2D eigenvalue weighted by atomic mass is 10.3. The first-order valence-corrected chi connectivity index (χ1v) is 5.35. The maximum atomic E-state index is 12.0. The molecule has 1 aromatic rings. The molecule has 2 heterocycles. The molecule has 2 rings (SSSR count). The minimum atomic E-state index is -1.23. The van der Waals surface area contributed by atoms with Gasteiger partial charge in [-0.15, -0.1) is 0 Å². The van der Waals surface area contributed by atoms with Crippen molar-refractivity contribution >= 4 is 17.8 Å². The van der Waals surface area contributed by atoms with Gasteiger partial charge < -0.3 is 19.3 Å². The van der Waals surface area contributed by atoms with Crippen LogP contribution in [0.15, 0.2) is 16.5 Å². The number of hydrogen-bond acceptors (Lipinski definition) is 4. The molecule has 1 saturated heterocycles. The van der Waals surface area contributed by atoms with E-state index in [1.807, 2.05) is 0 Å². The molecule has 0 unspecified atom stereocenters. The Balaban J connectivity index is 2.11. The van der Waals surface area contributed by atoms with Gasteiger partial charge in [-0.1, -0.05) is 0 Å². The van der Waals surface area contributed by atoms with Gasteiger partial charge in [0.05, 0.1) is 0 Å². The number of furan rings is 1. The highest BCUT2D eigenvalue weighted by molar-refractivity contribution is 5.96. The Morgan fingerprint density at radius 2 is 1.94 bits per heavy atom. The van der Waals surface area contributed by atoms with Gasteiger partial charge in [0.25, 0.3) is 5.91 Å². The number of hydrogen-bond donors (Lipinski definition) is 1. The number of amides is 2. The lowest BCUT2D eigenvalue weighted by Crippen LogP contribution is -2.50. The Kier molecular flexibility index (Phi) is 3.05. The van der Waals surface area contributed by atoms with Crippen LogP contribution in [0, 0.1) is 0 Å². The van der Waals surface area contributed by atoms with Crippen LogP contribution in [0.2, 0.25) is 0 Å². The number of likely N-dealkylation sites (N-methyl/N-ethyl adjacent to an activating group) is 1. The summed E-state index contributed by atoms with van der Waals surface area (Å²) in [6.45, 7) is 0.847. The van der Waals surface area contributed by atoms with Gasteiger partial charge in [0.2, 0.25) is 11.7 Å². The molecule has 1 aromatic heterocycles. The zero-order chi connectivity index (χ0) is 13.3. The van der Waals surface area contributed by atoms with E-state index in [0.717, 1.165) is 0 Å². The predicted molar refractivity (Wildman–Crippen MR) is 59.2 cm³/mol. The summed E-state index contributed by atoms with van der Waals surface area (Å²) in [6.07, 6.45) is 0. The Hall–Kier alpha value is -2.31. The van der Waals surface area contributed by atoms with Crippen molar-refractivity contribution in [3.8, 4) is 0 Å². The fourth-order valence-corrected chi connectivity index (χ4v) is 1.66. The van der Waals surface area contributed by atoms with Gasteiger partial charge >= 0.3 is 5.97 Å². The molecule has 2 amide bonds. The van der Waals surface area contributed by atoms with Crippen molar-refractivity contribution < 1.29 is 23.9 Å². The third kappa shape index (κ3) is 2.20. The molecule has 0 radical (unpaired) electrons. The first kappa shape index (κ1) is 12.2. The molecule has 0 aliphatic carbocycles. The van der Waals surface area contributed by atoms with Crippen molar-refractivity contribution in [3.05, 3.63) is 23.7 Å². The number of aromatic carboxylic acids is 1. The van der Waals surface area contributed by atoms with E-state index >= 15 is 0 Å². The highest BCUT2D eigenvalue weighted by Gasteiger charge is 2.27. The van der Waals surface area contributed by atoms with E-state index in [1.54, 1.807) is 7.05 Å². The number of carboxylic acid groups (broad SMARTS) is 1. The van der Waals surface area contributed by atoms with E-state index in [9.17, 15) is 14.4 Å². The summed E-state index contributed by atoms with van der Waals surface area (Å²) in [6, 6.07) is 2.52. The molecule has 7 nitrogen and oxygen atoms in total. The van der Waals surface area contributed by atoms with Crippen molar-refractivity contribution in [2.45, 2.75) is 0 Å². The molecule has 0 aromatic carbocycles. The van der Waals surface area contributed by atoms with E-state index in [-0.39, 0.29) is 24.0 Å². The smallest absolute Gasteiger partial charge is 0.371 e. The fourth-order valence-electron chi connectivity index (χ4n) is 1.66. The van der Waals surface area contributed by atoms with Crippen LogP contribution in [-0.2, 0) is 4.79 Å². The maximum absolute atomic E-state index is 12.0. The van der Waals surface area contributed by atoms with E-state index in [2.05, 4.69) is 0 Å². The van der Waals surface area contributed by atoms with Crippen LogP contribution in [-0.4, -0.2) is 59.4 Å². The number of rotatable bonds is 2. The van der Waals surface area contributed by atoms with Gasteiger partial charge in [-0.3, -0.25) is 9.59 Å². The first-order valence-electron chi connectivity index (χ1n) is 5.35. The molecule has 0 spiro atoms. The highest BCUT2D eigenvalue weighted by atomic mass is 16.4. The molecular formula is C11H12N2O5. The first-order chi connectivity index (χ1) is 8.49. The topological polar surface area (TPSA) is 91.1 Å². The maximum Gasteiger partial charge on any atom is 0.371 e. The van der Waals surface area contributed by atoms with Crippen LogP contribution >= 0.6 is 0 Å². The molecular weight excluding hydrogens is 240 g/mol. The monoisotopic (exact) mass is 252 g/mol.